The third-order valence-electron chi connectivity index (χ3n) is 5.07. The molecule has 1 saturated heterocycles. The standard InChI is InChI=1S/C16H27N9O2S2/c1-10(8-17)22-29(26,27)13-3-2-12(25-6-4-11(9-18)5-7-25)14(15(13)28-19)16-20-23-24-21-16/h2-3,10-11,22H,4-9,17-19H2,1H3,(H,20,21,23,24). The third-order valence-corrected chi connectivity index (χ3v) is 7.50. The van der Waals surface area contributed by atoms with E-state index in [9.17, 15) is 8.42 Å². The van der Waals surface area contributed by atoms with Crippen molar-refractivity contribution in [2.45, 2.75) is 35.6 Å². The van der Waals surface area contributed by atoms with Crippen molar-refractivity contribution in [2.24, 2.45) is 22.5 Å². The van der Waals surface area contributed by atoms with E-state index in [4.69, 9.17) is 16.6 Å². The number of H-pyrrole nitrogens is 1. The number of piperidine rings is 1. The van der Waals surface area contributed by atoms with Crippen molar-refractivity contribution in [3.8, 4) is 11.4 Å². The van der Waals surface area contributed by atoms with E-state index in [1.807, 2.05) is 0 Å². The van der Waals surface area contributed by atoms with E-state index < -0.39 is 16.1 Å². The maximum atomic E-state index is 12.9. The Morgan fingerprint density at radius 3 is 2.62 bits per heavy atom. The van der Waals surface area contributed by atoms with Crippen LogP contribution in [0.15, 0.2) is 21.9 Å². The maximum absolute atomic E-state index is 12.9. The first-order chi connectivity index (χ1) is 13.9. The van der Waals surface area contributed by atoms with Crippen LogP contribution >= 0.6 is 11.9 Å². The van der Waals surface area contributed by atoms with Crippen molar-refractivity contribution in [3.63, 3.8) is 0 Å². The molecule has 11 nitrogen and oxygen atoms in total. The second-order valence-corrected chi connectivity index (χ2v) is 9.39. The quantitative estimate of drug-likeness (QED) is 0.339. The molecule has 1 aliphatic heterocycles. The molecule has 1 fully saturated rings. The van der Waals surface area contributed by atoms with Gasteiger partial charge in [0.1, 0.15) is 0 Å². The molecule has 8 N–H and O–H groups in total. The highest BCUT2D eigenvalue weighted by Crippen LogP contribution is 2.41. The van der Waals surface area contributed by atoms with Gasteiger partial charge in [0.2, 0.25) is 15.8 Å². The van der Waals surface area contributed by atoms with Gasteiger partial charge in [0.25, 0.3) is 0 Å². The molecule has 160 valence electrons. The van der Waals surface area contributed by atoms with E-state index in [0.29, 0.717) is 22.9 Å². The molecule has 0 bridgehead atoms. The van der Waals surface area contributed by atoms with Gasteiger partial charge in [-0.3, -0.25) is 5.14 Å². The summed E-state index contributed by atoms with van der Waals surface area (Å²) in [6.07, 6.45) is 1.92. The van der Waals surface area contributed by atoms with Crippen LogP contribution in [0.5, 0.6) is 0 Å². The topological polar surface area (TPSA) is 182 Å². The zero-order chi connectivity index (χ0) is 21.0. The van der Waals surface area contributed by atoms with Crippen LogP contribution in [-0.4, -0.2) is 61.3 Å². The number of aromatic nitrogens is 4. The Morgan fingerprint density at radius 1 is 1.34 bits per heavy atom. The van der Waals surface area contributed by atoms with Crippen molar-refractivity contribution < 1.29 is 8.42 Å². The fourth-order valence-electron chi connectivity index (χ4n) is 3.42. The molecule has 1 aromatic heterocycles. The van der Waals surface area contributed by atoms with Crippen LogP contribution in [0.2, 0.25) is 0 Å². The molecular formula is C16H27N9O2S2. The second-order valence-electron chi connectivity index (χ2n) is 7.06. The highest BCUT2D eigenvalue weighted by molar-refractivity contribution is 7.98. The van der Waals surface area contributed by atoms with E-state index >= 15 is 0 Å². The van der Waals surface area contributed by atoms with Gasteiger partial charge < -0.3 is 16.4 Å². The van der Waals surface area contributed by atoms with Crippen LogP contribution in [0.3, 0.4) is 0 Å². The lowest BCUT2D eigenvalue weighted by molar-refractivity contribution is 0.414. The van der Waals surface area contributed by atoms with Crippen LogP contribution < -0.4 is 26.2 Å². The van der Waals surface area contributed by atoms with Crippen molar-refractivity contribution in [2.75, 3.05) is 31.1 Å². The molecule has 2 aromatic rings. The fourth-order valence-corrected chi connectivity index (χ4v) is 5.73. The minimum atomic E-state index is -3.84. The van der Waals surface area contributed by atoms with Crippen LogP contribution in [-0.2, 0) is 10.0 Å². The Balaban J connectivity index is 2.10. The van der Waals surface area contributed by atoms with Crippen molar-refractivity contribution >= 4 is 27.7 Å². The minimum absolute atomic E-state index is 0.0608. The number of hydrogen-bond donors (Lipinski definition) is 5. The van der Waals surface area contributed by atoms with Crippen LogP contribution in [0.25, 0.3) is 11.4 Å². The van der Waals surface area contributed by atoms with Gasteiger partial charge in [0.05, 0.1) is 15.4 Å². The summed E-state index contributed by atoms with van der Waals surface area (Å²) in [7, 11) is -3.84. The number of hydrogen-bond acceptors (Lipinski definition) is 10. The third kappa shape index (κ3) is 4.70. The molecule has 0 saturated carbocycles. The first kappa shape index (κ1) is 21.9. The van der Waals surface area contributed by atoms with Crippen LogP contribution in [0.4, 0.5) is 5.69 Å². The summed E-state index contributed by atoms with van der Waals surface area (Å²) in [4.78, 5) is 2.61. The number of sulfonamides is 1. The number of benzene rings is 1. The summed E-state index contributed by atoms with van der Waals surface area (Å²) in [5.41, 5.74) is 12.7. The van der Waals surface area contributed by atoms with Gasteiger partial charge in [0, 0.05) is 31.4 Å². The van der Waals surface area contributed by atoms with E-state index in [2.05, 4.69) is 30.2 Å². The molecule has 13 heteroatoms. The number of nitrogens with two attached hydrogens (primary N) is 3. The Morgan fingerprint density at radius 2 is 2.07 bits per heavy atom. The van der Waals surface area contributed by atoms with E-state index in [0.717, 1.165) is 43.6 Å². The maximum Gasteiger partial charge on any atom is 0.242 e. The normalized spacial score (nSPS) is 16.9. The molecule has 0 radical (unpaired) electrons. The predicted molar refractivity (Wildman–Crippen MR) is 112 cm³/mol. The van der Waals surface area contributed by atoms with E-state index in [1.54, 1.807) is 19.1 Å². The monoisotopic (exact) mass is 441 g/mol. The molecule has 2 heterocycles. The molecule has 3 rings (SSSR count). The smallest absolute Gasteiger partial charge is 0.242 e. The van der Waals surface area contributed by atoms with Gasteiger partial charge in [-0.25, -0.2) is 13.1 Å². The Bertz CT molecular complexity index is 913. The Hall–Kier alpha value is -1.77. The van der Waals surface area contributed by atoms with Gasteiger partial charge in [-0.15, -0.1) is 10.2 Å². The summed E-state index contributed by atoms with van der Waals surface area (Å²) in [6.45, 7) is 4.14. The van der Waals surface area contributed by atoms with Gasteiger partial charge in [-0.05, 0) is 61.5 Å². The van der Waals surface area contributed by atoms with Gasteiger partial charge in [-0.2, -0.15) is 5.21 Å². The summed E-state index contributed by atoms with van der Waals surface area (Å²) in [6, 6.07) is 2.92. The van der Waals surface area contributed by atoms with Crippen LogP contribution in [0.1, 0.15) is 19.8 Å². The molecule has 1 aromatic carbocycles. The number of rotatable bonds is 8. The minimum Gasteiger partial charge on any atom is -0.371 e. The van der Waals surface area contributed by atoms with Crippen LogP contribution in [0, 0.1) is 5.92 Å². The highest BCUT2D eigenvalue weighted by Gasteiger charge is 2.29. The number of nitrogens with one attached hydrogen (secondary N) is 2. The SMILES string of the molecule is CC(CN)NS(=O)(=O)c1ccc(N2CCC(CN)CC2)c(-c2nn[nH]n2)c1SN. The molecule has 0 amide bonds. The van der Waals surface area contributed by atoms with E-state index in [1.165, 1.54) is 0 Å². The van der Waals surface area contributed by atoms with Crippen molar-refractivity contribution in [1.82, 2.24) is 25.3 Å². The highest BCUT2D eigenvalue weighted by atomic mass is 32.2. The zero-order valence-electron chi connectivity index (χ0n) is 16.2. The number of anilines is 1. The average molecular weight is 442 g/mol. The van der Waals surface area contributed by atoms with Crippen molar-refractivity contribution in [3.05, 3.63) is 12.1 Å². The molecule has 0 spiro atoms. The Labute approximate surface area is 174 Å². The van der Waals surface area contributed by atoms with E-state index in [-0.39, 0.29) is 17.3 Å². The zero-order valence-corrected chi connectivity index (χ0v) is 17.8. The largest absolute Gasteiger partial charge is 0.371 e. The Kier molecular flexibility index (Phi) is 7.08. The summed E-state index contributed by atoms with van der Waals surface area (Å²) in [5.74, 6) is 0.780. The lowest BCUT2D eigenvalue weighted by Gasteiger charge is -2.34. The van der Waals surface area contributed by atoms with Crippen molar-refractivity contribution in [1.29, 1.82) is 0 Å². The molecule has 0 aliphatic carbocycles. The molecule has 29 heavy (non-hydrogen) atoms. The number of nitrogens with zero attached hydrogens (tertiary/aromatic N) is 4. The summed E-state index contributed by atoms with van der Waals surface area (Å²) in [5, 5.41) is 20.2. The predicted octanol–water partition coefficient (Wildman–Crippen LogP) is -0.367. The molecular weight excluding hydrogens is 414 g/mol. The summed E-state index contributed by atoms with van der Waals surface area (Å²) >= 11 is 0.846. The first-order valence-electron chi connectivity index (χ1n) is 9.36. The average Bonchev–Trinajstić information content (AvgIpc) is 3.26. The van der Waals surface area contributed by atoms with Gasteiger partial charge >= 0.3 is 0 Å². The fraction of sp³-hybridized carbons (Fsp3) is 0.562. The lowest BCUT2D eigenvalue weighted by Crippen LogP contribution is -2.38. The second kappa shape index (κ2) is 9.36. The number of tetrazole rings is 1. The van der Waals surface area contributed by atoms with Gasteiger partial charge in [-0.1, -0.05) is 0 Å². The molecule has 1 atom stereocenters. The van der Waals surface area contributed by atoms with Gasteiger partial charge in [0.15, 0.2) is 0 Å². The molecule has 1 aliphatic rings. The first-order valence-corrected chi connectivity index (χ1v) is 11.7. The summed E-state index contributed by atoms with van der Waals surface area (Å²) < 4.78 is 28.5. The lowest BCUT2D eigenvalue weighted by atomic mass is 9.96. The number of aromatic amines is 1. The molecule has 1 unspecified atom stereocenters.